The zero-order chi connectivity index (χ0) is 18.7. The molecule has 0 amide bonds. The van der Waals surface area contributed by atoms with Gasteiger partial charge in [0.25, 0.3) is 0 Å². The van der Waals surface area contributed by atoms with E-state index >= 15 is 0 Å². The predicted molar refractivity (Wildman–Crippen MR) is 103 cm³/mol. The summed E-state index contributed by atoms with van der Waals surface area (Å²) in [6, 6.07) is 7.19. The van der Waals surface area contributed by atoms with Gasteiger partial charge in [0, 0.05) is 29.9 Å². The van der Waals surface area contributed by atoms with Crippen molar-refractivity contribution in [2.75, 3.05) is 30.4 Å². The molecule has 2 atom stereocenters. The lowest BCUT2D eigenvalue weighted by Crippen LogP contribution is -2.32. The van der Waals surface area contributed by atoms with Crippen LogP contribution in [0, 0.1) is 6.92 Å². The molecule has 1 aliphatic rings. The fourth-order valence-electron chi connectivity index (χ4n) is 3.10. The highest BCUT2D eigenvalue weighted by molar-refractivity contribution is 7.78. The maximum Gasteiger partial charge on any atom is 0.222 e. The van der Waals surface area contributed by atoms with Gasteiger partial charge in [-0.05, 0) is 30.5 Å². The molecule has 1 saturated heterocycles. The third-order valence-electron chi connectivity index (χ3n) is 4.21. The van der Waals surface area contributed by atoms with Crippen molar-refractivity contribution in [2.24, 2.45) is 0 Å². The quantitative estimate of drug-likeness (QED) is 0.766. The van der Waals surface area contributed by atoms with Crippen molar-refractivity contribution in [1.29, 1.82) is 0 Å². The number of hydrogen-bond acceptors (Lipinski definition) is 6. The van der Waals surface area contributed by atoms with Gasteiger partial charge in [-0.15, -0.1) is 0 Å². The molecule has 1 aliphatic heterocycles. The number of aromatic nitrogens is 2. The van der Waals surface area contributed by atoms with Crippen molar-refractivity contribution < 1.29 is 13.5 Å². The third-order valence-corrected chi connectivity index (χ3v) is 5.11. The fraction of sp³-hybridized carbons (Fsp3) is 0.412. The predicted octanol–water partition coefficient (Wildman–Crippen LogP) is 2.71. The molecule has 2 unspecified atom stereocenters. The molecule has 0 radical (unpaired) electrons. The molecule has 0 saturated carbocycles. The topological polar surface area (TPSA) is 102 Å². The summed E-state index contributed by atoms with van der Waals surface area (Å²) in [6.45, 7) is 3.75. The van der Waals surface area contributed by atoms with E-state index in [1.807, 2.05) is 25.1 Å². The van der Waals surface area contributed by atoms with E-state index in [0.717, 1.165) is 30.0 Å². The Morgan fingerprint density at radius 3 is 2.92 bits per heavy atom. The number of anilines is 2. The first kappa shape index (κ1) is 19.0. The van der Waals surface area contributed by atoms with Crippen molar-refractivity contribution in [1.82, 2.24) is 9.97 Å². The number of aryl methyl sites for hydroxylation is 1. The van der Waals surface area contributed by atoms with Gasteiger partial charge in [-0.25, -0.2) is 9.19 Å². The van der Waals surface area contributed by atoms with Crippen molar-refractivity contribution in [2.45, 2.75) is 25.1 Å². The molecule has 1 aromatic carbocycles. The lowest BCUT2D eigenvalue weighted by Gasteiger charge is -2.31. The summed E-state index contributed by atoms with van der Waals surface area (Å²) in [4.78, 5) is 10.6. The minimum Gasteiger partial charge on any atom is -0.379 e. The Morgan fingerprint density at radius 1 is 1.42 bits per heavy atom. The molecule has 140 valence electrons. The summed E-state index contributed by atoms with van der Waals surface area (Å²) >= 11 is 4.59. The monoisotopic (exact) mass is 396 g/mol. The average Bonchev–Trinajstić information content (AvgIpc) is 2.79. The summed E-state index contributed by atoms with van der Waals surface area (Å²) in [7, 11) is 0. The lowest BCUT2D eigenvalue weighted by molar-refractivity contribution is 0.134. The highest BCUT2D eigenvalue weighted by Crippen LogP contribution is 2.33. The molecule has 3 rings (SSSR count). The van der Waals surface area contributed by atoms with Crippen molar-refractivity contribution in [3.05, 3.63) is 46.1 Å². The van der Waals surface area contributed by atoms with Crippen LogP contribution in [-0.2, 0) is 21.6 Å². The van der Waals surface area contributed by atoms with E-state index in [4.69, 9.17) is 26.6 Å². The number of nitrogens with two attached hydrogens (primary N) is 1. The van der Waals surface area contributed by atoms with Gasteiger partial charge in [0.05, 0.1) is 18.4 Å². The summed E-state index contributed by atoms with van der Waals surface area (Å²) in [5.74, 6) is 1.02. The molecule has 0 bridgehead atoms. The zero-order valence-corrected chi connectivity index (χ0v) is 16.0. The zero-order valence-electron chi connectivity index (χ0n) is 14.4. The van der Waals surface area contributed by atoms with E-state index < -0.39 is 11.1 Å². The summed E-state index contributed by atoms with van der Waals surface area (Å²) in [5, 5.41) is 0.534. The molecule has 0 aliphatic carbocycles. The van der Waals surface area contributed by atoms with Gasteiger partial charge in [0.15, 0.2) is 11.1 Å². The number of nitrogen functional groups attached to an aromatic ring is 1. The number of nitrogens with zero attached hydrogens (tertiary/aromatic N) is 3. The van der Waals surface area contributed by atoms with Crippen LogP contribution >= 0.6 is 11.6 Å². The summed E-state index contributed by atoms with van der Waals surface area (Å²) in [5.41, 5.74) is 8.22. The first-order chi connectivity index (χ1) is 12.4. The van der Waals surface area contributed by atoms with Crippen molar-refractivity contribution in [3.63, 3.8) is 0 Å². The van der Waals surface area contributed by atoms with Crippen LogP contribution in [0.4, 0.5) is 11.8 Å². The van der Waals surface area contributed by atoms with Gasteiger partial charge in [-0.1, -0.05) is 23.7 Å². The van der Waals surface area contributed by atoms with Gasteiger partial charge >= 0.3 is 0 Å². The second-order valence-electron chi connectivity index (χ2n) is 6.19. The standard InChI is InChI=1S/C17H21ClN4O3S/c1-11-7-16(21-17(19)20-11)22-5-2-6-25-9-15(22)13-4-3-12(8-14(13)18)10-26(23)24/h3-4,7-8,15H,2,5-6,9-10H2,1H3,(H,23,24)(H2,19,20,21). The van der Waals surface area contributed by atoms with Crippen molar-refractivity contribution >= 4 is 34.4 Å². The Bertz CT molecular complexity index is 800. The largest absolute Gasteiger partial charge is 0.379 e. The van der Waals surface area contributed by atoms with Crippen LogP contribution in [0.3, 0.4) is 0 Å². The van der Waals surface area contributed by atoms with Crippen LogP contribution in [0.15, 0.2) is 24.3 Å². The number of halogens is 1. The van der Waals surface area contributed by atoms with Crippen LogP contribution in [0.2, 0.25) is 5.02 Å². The van der Waals surface area contributed by atoms with Crippen LogP contribution in [-0.4, -0.2) is 38.5 Å². The highest BCUT2D eigenvalue weighted by atomic mass is 35.5. The molecular weight excluding hydrogens is 376 g/mol. The van der Waals surface area contributed by atoms with Gasteiger partial charge in [-0.3, -0.25) is 0 Å². The Labute approximate surface area is 159 Å². The summed E-state index contributed by atoms with van der Waals surface area (Å²) < 4.78 is 25.9. The van der Waals surface area contributed by atoms with Crippen LogP contribution in [0.1, 0.15) is 29.3 Å². The Kier molecular flexibility index (Phi) is 6.08. The Hall–Kier alpha value is -1.74. The molecular formula is C17H21ClN4O3S. The number of rotatable bonds is 4. The number of hydrogen-bond donors (Lipinski definition) is 2. The number of ether oxygens (including phenoxy) is 1. The van der Waals surface area contributed by atoms with Crippen LogP contribution in [0.5, 0.6) is 0 Å². The van der Waals surface area contributed by atoms with Crippen LogP contribution < -0.4 is 10.6 Å². The molecule has 1 fully saturated rings. The normalized spacial score (nSPS) is 19.2. The maximum absolute atomic E-state index is 11.0. The molecule has 1 aromatic heterocycles. The number of benzene rings is 1. The van der Waals surface area contributed by atoms with Gasteiger partial charge in [0.2, 0.25) is 5.95 Å². The van der Waals surface area contributed by atoms with Crippen molar-refractivity contribution in [3.8, 4) is 0 Å². The molecule has 0 spiro atoms. The molecule has 7 nitrogen and oxygen atoms in total. The minimum atomic E-state index is -1.91. The van der Waals surface area contributed by atoms with E-state index in [0.29, 0.717) is 23.8 Å². The smallest absolute Gasteiger partial charge is 0.222 e. The van der Waals surface area contributed by atoms with Gasteiger partial charge in [-0.2, -0.15) is 4.98 Å². The fourth-order valence-corrected chi connectivity index (χ4v) is 3.90. The maximum atomic E-state index is 11.0. The first-order valence-corrected chi connectivity index (χ1v) is 9.91. The van der Waals surface area contributed by atoms with E-state index in [2.05, 4.69) is 14.9 Å². The van der Waals surface area contributed by atoms with Gasteiger partial charge < -0.3 is 19.9 Å². The molecule has 2 heterocycles. The third kappa shape index (κ3) is 4.50. The molecule has 9 heteroatoms. The Morgan fingerprint density at radius 2 is 2.23 bits per heavy atom. The SMILES string of the molecule is Cc1cc(N2CCCOCC2c2ccc(CS(=O)O)cc2Cl)nc(N)n1. The second kappa shape index (κ2) is 8.30. The molecule has 3 N–H and O–H groups in total. The Balaban J connectivity index is 1.97. The first-order valence-electron chi connectivity index (χ1n) is 8.25. The van der Waals surface area contributed by atoms with E-state index in [-0.39, 0.29) is 17.7 Å². The van der Waals surface area contributed by atoms with E-state index in [9.17, 15) is 4.21 Å². The van der Waals surface area contributed by atoms with Gasteiger partial charge in [0.1, 0.15) is 5.82 Å². The average molecular weight is 397 g/mol. The highest BCUT2D eigenvalue weighted by Gasteiger charge is 2.27. The van der Waals surface area contributed by atoms with Crippen LogP contribution in [0.25, 0.3) is 0 Å². The molecule has 26 heavy (non-hydrogen) atoms. The summed E-state index contributed by atoms with van der Waals surface area (Å²) in [6.07, 6.45) is 0.860. The van der Waals surface area contributed by atoms with E-state index in [1.54, 1.807) is 6.07 Å². The minimum absolute atomic E-state index is 0.0481. The molecule has 2 aromatic rings. The second-order valence-corrected chi connectivity index (χ2v) is 7.52. The lowest BCUT2D eigenvalue weighted by atomic mass is 10.0. The van der Waals surface area contributed by atoms with E-state index in [1.165, 1.54) is 0 Å².